The van der Waals surface area contributed by atoms with Gasteiger partial charge in [-0.05, 0) is 92.0 Å². The normalized spacial score (nSPS) is 11.6. The third kappa shape index (κ3) is 5.20. The Morgan fingerprint density at radius 2 is 0.927 bits per heavy atom. The lowest BCUT2D eigenvalue weighted by Crippen LogP contribution is -1.96. The first-order valence-electron chi connectivity index (χ1n) is 18.7. The largest absolute Gasteiger partial charge is 0.309 e. The molecule has 256 valence electrons. The Morgan fingerprint density at radius 3 is 1.75 bits per heavy atom. The molecule has 11 rings (SSSR count). The highest BCUT2D eigenvalue weighted by Crippen LogP contribution is 2.41. The van der Waals surface area contributed by atoms with Gasteiger partial charge in [0, 0.05) is 33.2 Å². The van der Waals surface area contributed by atoms with Crippen molar-refractivity contribution >= 4 is 54.1 Å². The summed E-state index contributed by atoms with van der Waals surface area (Å²) in [7, 11) is 0. The lowest BCUT2D eigenvalue weighted by molar-refractivity contribution is 1.18. The van der Waals surface area contributed by atoms with Crippen LogP contribution in [0, 0.1) is 0 Å². The first kappa shape index (κ1) is 31.2. The molecule has 0 saturated heterocycles. The fraction of sp³-hybridized carbons (Fsp3) is 0. The minimum atomic E-state index is 0.701. The molecular weight excluding hydrogens is 667 g/mol. The number of hydrogen-bond donors (Lipinski definition) is 0. The summed E-state index contributed by atoms with van der Waals surface area (Å²) in [5.74, 6) is 0.701. The first-order valence-corrected chi connectivity index (χ1v) is 18.7. The number of rotatable bonds is 5. The molecule has 0 aliphatic heterocycles. The second kappa shape index (κ2) is 12.6. The van der Waals surface area contributed by atoms with E-state index in [-0.39, 0.29) is 0 Å². The maximum Gasteiger partial charge on any atom is 0.160 e. The van der Waals surface area contributed by atoms with E-state index in [0.717, 1.165) is 44.8 Å². The van der Waals surface area contributed by atoms with Crippen molar-refractivity contribution in [2.75, 3.05) is 0 Å². The SMILES string of the molecule is c1ccc(-c2nc(-c3cccc(-c4c5ccccc5cc5c4ccc4ccccc45)c3)cc(-c3ccc4c(c3)c3ccccc3n4-c3ccccc3)n2)cc1. The second-order valence-electron chi connectivity index (χ2n) is 14.2. The van der Waals surface area contributed by atoms with Crippen molar-refractivity contribution in [2.45, 2.75) is 0 Å². The maximum atomic E-state index is 5.24. The lowest BCUT2D eigenvalue weighted by atomic mass is 9.89. The number of fused-ring (bicyclic) bond motifs is 7. The van der Waals surface area contributed by atoms with Crippen molar-refractivity contribution in [1.82, 2.24) is 14.5 Å². The Kier molecular flexibility index (Phi) is 7.17. The van der Waals surface area contributed by atoms with Gasteiger partial charge in [-0.3, -0.25) is 0 Å². The Balaban J connectivity index is 1.11. The van der Waals surface area contributed by atoms with Crippen LogP contribution in [-0.4, -0.2) is 14.5 Å². The number of hydrogen-bond acceptors (Lipinski definition) is 2. The van der Waals surface area contributed by atoms with Crippen molar-refractivity contribution in [3.05, 3.63) is 200 Å². The monoisotopic (exact) mass is 699 g/mol. The Hall–Kier alpha value is -7.36. The average molecular weight is 700 g/mol. The number of benzene rings is 9. The number of nitrogens with zero attached hydrogens (tertiary/aromatic N) is 3. The Morgan fingerprint density at radius 1 is 0.309 bits per heavy atom. The molecule has 0 saturated carbocycles. The van der Waals surface area contributed by atoms with E-state index in [4.69, 9.17) is 9.97 Å². The number of para-hydroxylation sites is 2. The fourth-order valence-electron chi connectivity index (χ4n) is 8.41. The van der Waals surface area contributed by atoms with Crippen LogP contribution in [0.25, 0.3) is 105 Å². The summed E-state index contributed by atoms with van der Waals surface area (Å²) in [6.07, 6.45) is 0. The second-order valence-corrected chi connectivity index (χ2v) is 14.2. The van der Waals surface area contributed by atoms with Crippen molar-refractivity contribution in [3.8, 4) is 50.7 Å². The van der Waals surface area contributed by atoms with E-state index in [1.54, 1.807) is 0 Å². The summed E-state index contributed by atoms with van der Waals surface area (Å²) >= 11 is 0. The van der Waals surface area contributed by atoms with Gasteiger partial charge in [0.25, 0.3) is 0 Å². The maximum absolute atomic E-state index is 5.24. The average Bonchev–Trinajstić information content (AvgIpc) is 3.60. The predicted molar refractivity (Wildman–Crippen MR) is 231 cm³/mol. The summed E-state index contributed by atoms with van der Waals surface area (Å²) in [5.41, 5.74) is 10.7. The van der Waals surface area contributed by atoms with E-state index in [1.807, 2.05) is 18.2 Å². The van der Waals surface area contributed by atoms with Gasteiger partial charge in [0.15, 0.2) is 5.82 Å². The van der Waals surface area contributed by atoms with Gasteiger partial charge >= 0.3 is 0 Å². The van der Waals surface area contributed by atoms with E-state index in [0.29, 0.717) is 5.82 Å². The first-order chi connectivity index (χ1) is 27.3. The highest BCUT2D eigenvalue weighted by molar-refractivity contribution is 6.20. The zero-order chi connectivity index (χ0) is 36.3. The number of aromatic nitrogens is 3. The standard InChI is InChI=1S/C52H33N3/c1-3-15-35(16-4-1)52-53-47(33-48(54-52)38-27-29-50-46(32-38)43-24-11-12-25-49(43)55(50)40-20-5-2-6-21-40)37-18-13-19-39(30-37)51-42-23-10-8-17-36(42)31-45-41-22-9-7-14-34(41)26-28-44(45)51/h1-33H. The zero-order valence-electron chi connectivity index (χ0n) is 29.9. The molecule has 0 amide bonds. The topological polar surface area (TPSA) is 30.7 Å². The molecule has 0 N–H and O–H groups in total. The summed E-state index contributed by atoms with van der Waals surface area (Å²) in [6, 6.07) is 71.6. The van der Waals surface area contributed by atoms with Gasteiger partial charge in [0.05, 0.1) is 22.4 Å². The molecule has 2 aromatic heterocycles. The molecule has 0 radical (unpaired) electrons. The van der Waals surface area contributed by atoms with Gasteiger partial charge in [-0.25, -0.2) is 9.97 Å². The molecule has 55 heavy (non-hydrogen) atoms. The van der Waals surface area contributed by atoms with Crippen LogP contribution >= 0.6 is 0 Å². The molecule has 0 bridgehead atoms. The zero-order valence-corrected chi connectivity index (χ0v) is 29.9. The van der Waals surface area contributed by atoms with Crippen LogP contribution in [0.4, 0.5) is 0 Å². The van der Waals surface area contributed by atoms with E-state index < -0.39 is 0 Å². The van der Waals surface area contributed by atoms with Crippen LogP contribution in [0.5, 0.6) is 0 Å². The third-order valence-electron chi connectivity index (χ3n) is 11.0. The molecule has 0 unspecified atom stereocenters. The quantitative estimate of drug-likeness (QED) is 0.132. The molecule has 0 aliphatic rings. The summed E-state index contributed by atoms with van der Waals surface area (Å²) < 4.78 is 2.35. The van der Waals surface area contributed by atoms with Crippen molar-refractivity contribution < 1.29 is 0 Å². The highest BCUT2D eigenvalue weighted by atomic mass is 15.0. The Labute approximate surface area is 318 Å². The molecule has 2 heterocycles. The van der Waals surface area contributed by atoms with Gasteiger partial charge in [-0.1, -0.05) is 152 Å². The van der Waals surface area contributed by atoms with E-state index in [9.17, 15) is 0 Å². The van der Waals surface area contributed by atoms with Gasteiger partial charge in [-0.15, -0.1) is 0 Å². The van der Waals surface area contributed by atoms with Crippen LogP contribution in [-0.2, 0) is 0 Å². The van der Waals surface area contributed by atoms with Crippen LogP contribution in [0.15, 0.2) is 200 Å². The molecular formula is C52H33N3. The van der Waals surface area contributed by atoms with E-state index >= 15 is 0 Å². The van der Waals surface area contributed by atoms with E-state index in [2.05, 4.69) is 187 Å². The van der Waals surface area contributed by atoms with Crippen LogP contribution in [0.2, 0.25) is 0 Å². The minimum Gasteiger partial charge on any atom is -0.309 e. The van der Waals surface area contributed by atoms with Crippen LogP contribution in [0.3, 0.4) is 0 Å². The van der Waals surface area contributed by atoms with Gasteiger partial charge in [0.2, 0.25) is 0 Å². The molecule has 9 aromatic carbocycles. The molecule has 0 spiro atoms. The summed E-state index contributed by atoms with van der Waals surface area (Å²) in [5, 5.41) is 9.88. The predicted octanol–water partition coefficient (Wildman–Crippen LogP) is 13.7. The van der Waals surface area contributed by atoms with Crippen LogP contribution < -0.4 is 0 Å². The molecule has 3 heteroatoms. The smallest absolute Gasteiger partial charge is 0.160 e. The van der Waals surface area contributed by atoms with Crippen LogP contribution in [0.1, 0.15) is 0 Å². The van der Waals surface area contributed by atoms with Gasteiger partial charge in [0.1, 0.15) is 0 Å². The third-order valence-corrected chi connectivity index (χ3v) is 11.0. The molecule has 0 aliphatic carbocycles. The van der Waals surface area contributed by atoms with Gasteiger partial charge in [-0.2, -0.15) is 0 Å². The van der Waals surface area contributed by atoms with Gasteiger partial charge < -0.3 is 4.57 Å². The minimum absolute atomic E-state index is 0.701. The van der Waals surface area contributed by atoms with Crippen molar-refractivity contribution in [2.24, 2.45) is 0 Å². The molecule has 0 atom stereocenters. The molecule has 11 aromatic rings. The highest BCUT2D eigenvalue weighted by Gasteiger charge is 2.17. The Bertz CT molecular complexity index is 3250. The summed E-state index contributed by atoms with van der Waals surface area (Å²) in [6.45, 7) is 0. The fourth-order valence-corrected chi connectivity index (χ4v) is 8.41. The summed E-state index contributed by atoms with van der Waals surface area (Å²) in [4.78, 5) is 10.5. The van der Waals surface area contributed by atoms with E-state index in [1.165, 1.54) is 54.2 Å². The molecule has 0 fully saturated rings. The van der Waals surface area contributed by atoms with Crippen molar-refractivity contribution in [3.63, 3.8) is 0 Å². The lowest BCUT2D eigenvalue weighted by Gasteiger charge is -2.15. The van der Waals surface area contributed by atoms with Crippen molar-refractivity contribution in [1.29, 1.82) is 0 Å². The molecule has 3 nitrogen and oxygen atoms in total.